The molecule has 5 heteroatoms. The van der Waals surface area contributed by atoms with E-state index in [0.717, 1.165) is 28.5 Å². The second-order valence-electron chi connectivity index (χ2n) is 4.49. The van der Waals surface area contributed by atoms with Gasteiger partial charge in [-0.2, -0.15) is 0 Å². The summed E-state index contributed by atoms with van der Waals surface area (Å²) in [6.45, 7) is 5.35. The molecule has 1 fully saturated rings. The van der Waals surface area contributed by atoms with Crippen molar-refractivity contribution < 1.29 is 9.90 Å². The zero-order valence-corrected chi connectivity index (χ0v) is 10.9. The van der Waals surface area contributed by atoms with Gasteiger partial charge in [-0.05, 0) is 32.9 Å². The number of carbonyl (C=O) groups is 1. The predicted molar refractivity (Wildman–Crippen MR) is 67.6 cm³/mol. The fourth-order valence-corrected chi connectivity index (χ4v) is 3.21. The van der Waals surface area contributed by atoms with Gasteiger partial charge in [0.05, 0.1) is 17.1 Å². The molecular weight excluding hydrogens is 236 g/mol. The van der Waals surface area contributed by atoms with E-state index in [0.29, 0.717) is 0 Å². The number of carboxylic acids is 1. The quantitative estimate of drug-likeness (QED) is 0.869. The summed E-state index contributed by atoms with van der Waals surface area (Å²) in [5.41, 5.74) is 0.883. The Bertz CT molecular complexity index is 397. The summed E-state index contributed by atoms with van der Waals surface area (Å²) in [5, 5.41) is 9.85. The van der Waals surface area contributed by atoms with Gasteiger partial charge in [-0.25, -0.2) is 4.98 Å². The monoisotopic (exact) mass is 254 g/mol. The summed E-state index contributed by atoms with van der Waals surface area (Å²) in [6, 6.07) is 0. The van der Waals surface area contributed by atoms with Crippen LogP contribution < -0.4 is 0 Å². The molecule has 1 aliphatic rings. The lowest BCUT2D eigenvalue weighted by molar-refractivity contribution is -0.136. The van der Waals surface area contributed by atoms with Gasteiger partial charge >= 0.3 is 5.97 Å². The predicted octanol–water partition coefficient (Wildman–Crippen LogP) is 1.72. The van der Waals surface area contributed by atoms with Crippen molar-refractivity contribution in [3.8, 4) is 0 Å². The van der Waals surface area contributed by atoms with E-state index in [1.807, 2.05) is 6.92 Å². The number of thiazole rings is 1. The highest BCUT2D eigenvalue weighted by Gasteiger charge is 2.14. The maximum Gasteiger partial charge on any atom is 0.308 e. The smallest absolute Gasteiger partial charge is 0.308 e. The van der Waals surface area contributed by atoms with Gasteiger partial charge < -0.3 is 10.0 Å². The summed E-state index contributed by atoms with van der Waals surface area (Å²) < 4.78 is 0. The van der Waals surface area contributed by atoms with Crippen LogP contribution in [0.2, 0.25) is 0 Å². The molecule has 0 atom stereocenters. The van der Waals surface area contributed by atoms with Gasteiger partial charge in [0.25, 0.3) is 0 Å². The van der Waals surface area contributed by atoms with Crippen LogP contribution >= 0.6 is 11.3 Å². The molecule has 0 amide bonds. The minimum absolute atomic E-state index is 0.104. The number of likely N-dealkylation sites (tertiary alicyclic amines) is 1. The second-order valence-corrected chi connectivity index (χ2v) is 5.65. The Balaban J connectivity index is 1.90. The Labute approximate surface area is 105 Å². The molecule has 0 aliphatic carbocycles. The maximum absolute atomic E-state index is 10.7. The zero-order chi connectivity index (χ0) is 12.3. The SMILES string of the molecule is Cc1nc(CCN2CCCC2)sc1CC(=O)O. The summed E-state index contributed by atoms with van der Waals surface area (Å²) in [7, 11) is 0. The second kappa shape index (κ2) is 5.60. The van der Waals surface area contributed by atoms with Crippen LogP contribution in [0.3, 0.4) is 0 Å². The average Bonchev–Trinajstić information content (AvgIpc) is 2.86. The molecule has 0 aromatic carbocycles. The van der Waals surface area contributed by atoms with Crippen molar-refractivity contribution in [2.45, 2.75) is 32.6 Å². The molecule has 0 saturated carbocycles. The van der Waals surface area contributed by atoms with E-state index >= 15 is 0 Å². The van der Waals surface area contributed by atoms with Crippen LogP contribution in [0.5, 0.6) is 0 Å². The van der Waals surface area contributed by atoms with Gasteiger partial charge in [-0.1, -0.05) is 0 Å². The van der Waals surface area contributed by atoms with Gasteiger partial charge in [0.15, 0.2) is 0 Å². The van der Waals surface area contributed by atoms with Crippen LogP contribution in [0, 0.1) is 6.92 Å². The number of aromatic nitrogens is 1. The van der Waals surface area contributed by atoms with Crippen LogP contribution in [-0.4, -0.2) is 40.6 Å². The molecule has 1 aromatic rings. The normalized spacial score (nSPS) is 16.5. The van der Waals surface area contributed by atoms with Crippen LogP contribution in [0.15, 0.2) is 0 Å². The minimum Gasteiger partial charge on any atom is -0.481 e. The summed E-state index contributed by atoms with van der Waals surface area (Å²) in [6.07, 6.45) is 3.67. The van der Waals surface area contributed by atoms with Crippen LogP contribution in [0.25, 0.3) is 0 Å². The number of aliphatic carboxylic acids is 1. The Morgan fingerprint density at radius 1 is 1.47 bits per heavy atom. The molecule has 94 valence electrons. The van der Waals surface area contributed by atoms with E-state index in [9.17, 15) is 4.79 Å². The molecule has 17 heavy (non-hydrogen) atoms. The zero-order valence-electron chi connectivity index (χ0n) is 10.1. The number of carboxylic acid groups (broad SMARTS) is 1. The third-order valence-electron chi connectivity index (χ3n) is 3.09. The van der Waals surface area contributed by atoms with E-state index in [-0.39, 0.29) is 6.42 Å². The molecule has 1 saturated heterocycles. The molecule has 0 spiro atoms. The van der Waals surface area contributed by atoms with Crippen molar-refractivity contribution in [3.63, 3.8) is 0 Å². The molecule has 4 nitrogen and oxygen atoms in total. The summed E-state index contributed by atoms with van der Waals surface area (Å²) >= 11 is 1.55. The highest BCUT2D eigenvalue weighted by Crippen LogP contribution is 2.20. The molecule has 0 unspecified atom stereocenters. The van der Waals surface area contributed by atoms with Gasteiger partial charge in [0.2, 0.25) is 0 Å². The summed E-state index contributed by atoms with van der Waals surface area (Å²) in [4.78, 5) is 18.5. The molecule has 0 radical (unpaired) electrons. The van der Waals surface area contributed by atoms with E-state index in [1.54, 1.807) is 11.3 Å². The first-order valence-corrected chi connectivity index (χ1v) is 6.86. The van der Waals surface area contributed by atoms with E-state index in [1.165, 1.54) is 25.9 Å². The fraction of sp³-hybridized carbons (Fsp3) is 0.667. The van der Waals surface area contributed by atoms with Gasteiger partial charge in [0, 0.05) is 17.8 Å². The number of rotatable bonds is 5. The van der Waals surface area contributed by atoms with Crippen molar-refractivity contribution in [1.29, 1.82) is 0 Å². The van der Waals surface area contributed by atoms with Gasteiger partial charge in [-0.15, -0.1) is 11.3 Å². The standard InChI is InChI=1S/C12H18N2O2S/c1-9-10(8-12(15)16)17-11(13-9)4-7-14-5-2-3-6-14/h2-8H2,1H3,(H,15,16). The molecule has 2 heterocycles. The highest BCUT2D eigenvalue weighted by atomic mass is 32.1. The Hall–Kier alpha value is -0.940. The Morgan fingerprint density at radius 2 is 2.18 bits per heavy atom. The lowest BCUT2D eigenvalue weighted by Crippen LogP contribution is -2.21. The number of aryl methyl sites for hydroxylation is 1. The topological polar surface area (TPSA) is 53.4 Å². The number of hydrogen-bond donors (Lipinski definition) is 1. The Kier molecular flexibility index (Phi) is 4.12. The van der Waals surface area contributed by atoms with Crippen LogP contribution in [0.4, 0.5) is 0 Å². The van der Waals surface area contributed by atoms with Gasteiger partial charge in [0.1, 0.15) is 0 Å². The number of nitrogens with zero attached hydrogens (tertiary/aromatic N) is 2. The first-order valence-electron chi connectivity index (χ1n) is 6.04. The van der Waals surface area contributed by atoms with Crippen molar-refractivity contribution in [1.82, 2.24) is 9.88 Å². The third-order valence-corrected chi connectivity index (χ3v) is 4.31. The van der Waals surface area contributed by atoms with Gasteiger partial charge in [-0.3, -0.25) is 4.79 Å². The first kappa shape index (κ1) is 12.5. The lowest BCUT2D eigenvalue weighted by Gasteiger charge is -2.12. The molecule has 0 bridgehead atoms. The van der Waals surface area contributed by atoms with Crippen molar-refractivity contribution in [3.05, 3.63) is 15.6 Å². The molecule has 2 rings (SSSR count). The molecule has 1 N–H and O–H groups in total. The van der Waals surface area contributed by atoms with E-state index in [2.05, 4.69) is 9.88 Å². The fourth-order valence-electron chi connectivity index (χ4n) is 2.16. The molecule has 1 aromatic heterocycles. The van der Waals surface area contributed by atoms with Crippen molar-refractivity contribution in [2.24, 2.45) is 0 Å². The lowest BCUT2D eigenvalue weighted by atomic mass is 10.3. The first-order chi connectivity index (χ1) is 8.15. The van der Waals surface area contributed by atoms with E-state index in [4.69, 9.17) is 5.11 Å². The highest BCUT2D eigenvalue weighted by molar-refractivity contribution is 7.11. The number of hydrogen-bond acceptors (Lipinski definition) is 4. The summed E-state index contributed by atoms with van der Waals surface area (Å²) in [5.74, 6) is -0.775. The molecule has 1 aliphatic heterocycles. The Morgan fingerprint density at radius 3 is 2.82 bits per heavy atom. The van der Waals surface area contributed by atoms with Crippen molar-refractivity contribution in [2.75, 3.05) is 19.6 Å². The van der Waals surface area contributed by atoms with Crippen LogP contribution in [-0.2, 0) is 17.6 Å². The van der Waals surface area contributed by atoms with Crippen molar-refractivity contribution >= 4 is 17.3 Å². The molecular formula is C12H18N2O2S. The largest absolute Gasteiger partial charge is 0.481 e. The van der Waals surface area contributed by atoms with Crippen LogP contribution in [0.1, 0.15) is 28.4 Å². The third kappa shape index (κ3) is 3.51. The minimum atomic E-state index is -0.775. The van der Waals surface area contributed by atoms with E-state index < -0.39 is 5.97 Å². The maximum atomic E-state index is 10.7. The average molecular weight is 254 g/mol.